The zero-order valence-electron chi connectivity index (χ0n) is 8.58. The molecule has 1 heterocycles. The van der Waals surface area contributed by atoms with Crippen LogP contribution in [-0.4, -0.2) is 44.0 Å². The molecule has 1 rings (SSSR count). The molecule has 13 heavy (non-hydrogen) atoms. The van der Waals surface area contributed by atoms with E-state index in [1.807, 2.05) is 0 Å². The van der Waals surface area contributed by atoms with Crippen LogP contribution in [0.3, 0.4) is 0 Å². The van der Waals surface area contributed by atoms with Crippen molar-refractivity contribution in [1.29, 1.82) is 0 Å². The highest BCUT2D eigenvalue weighted by atomic mass is 16.5. The number of hydrogen-bond acceptors (Lipinski definition) is 3. The van der Waals surface area contributed by atoms with Crippen LogP contribution >= 0.6 is 0 Å². The molecular formula is C10H19NO2. The summed E-state index contributed by atoms with van der Waals surface area (Å²) in [6.07, 6.45) is 1.96. The van der Waals surface area contributed by atoms with Gasteiger partial charge in [0.1, 0.15) is 6.29 Å². The summed E-state index contributed by atoms with van der Waals surface area (Å²) >= 11 is 0. The summed E-state index contributed by atoms with van der Waals surface area (Å²) < 4.78 is 5.28. The molecule has 0 spiro atoms. The first-order valence-corrected chi connectivity index (χ1v) is 5.03. The Morgan fingerprint density at radius 2 is 2.15 bits per heavy atom. The predicted molar refractivity (Wildman–Crippen MR) is 51.7 cm³/mol. The van der Waals surface area contributed by atoms with Crippen molar-refractivity contribution >= 4 is 6.29 Å². The molecule has 0 aromatic heterocycles. The van der Waals surface area contributed by atoms with Crippen LogP contribution < -0.4 is 0 Å². The molecule has 1 fully saturated rings. The SMILES string of the molecule is CCN(CC)CC1(C=O)CCOC1. The monoisotopic (exact) mass is 185 g/mol. The largest absolute Gasteiger partial charge is 0.380 e. The number of aldehydes is 1. The van der Waals surface area contributed by atoms with Gasteiger partial charge in [0.15, 0.2) is 0 Å². The van der Waals surface area contributed by atoms with Crippen LogP contribution in [0, 0.1) is 5.41 Å². The average molecular weight is 185 g/mol. The minimum Gasteiger partial charge on any atom is -0.380 e. The van der Waals surface area contributed by atoms with Crippen LogP contribution in [0.1, 0.15) is 20.3 Å². The third-order valence-corrected chi connectivity index (χ3v) is 2.82. The molecule has 1 atom stereocenters. The van der Waals surface area contributed by atoms with E-state index in [0.717, 1.165) is 38.9 Å². The molecule has 0 radical (unpaired) electrons. The molecule has 0 amide bonds. The molecule has 1 aliphatic rings. The molecule has 1 saturated heterocycles. The molecule has 0 aliphatic carbocycles. The maximum atomic E-state index is 11.0. The predicted octanol–water partition coefficient (Wildman–Crippen LogP) is 0.934. The van der Waals surface area contributed by atoms with Crippen molar-refractivity contribution in [1.82, 2.24) is 4.90 Å². The maximum absolute atomic E-state index is 11.0. The van der Waals surface area contributed by atoms with Gasteiger partial charge in [0.05, 0.1) is 12.0 Å². The Morgan fingerprint density at radius 3 is 2.54 bits per heavy atom. The Balaban J connectivity index is 2.51. The van der Waals surface area contributed by atoms with Gasteiger partial charge in [0.25, 0.3) is 0 Å². The lowest BCUT2D eigenvalue weighted by atomic mass is 9.88. The molecule has 1 unspecified atom stereocenters. The normalized spacial score (nSPS) is 28.2. The molecule has 0 aromatic carbocycles. The van der Waals surface area contributed by atoms with Crippen molar-refractivity contribution in [2.45, 2.75) is 20.3 Å². The third-order valence-electron chi connectivity index (χ3n) is 2.82. The molecule has 0 aromatic rings. The lowest BCUT2D eigenvalue weighted by Gasteiger charge is -2.28. The van der Waals surface area contributed by atoms with Crippen molar-refractivity contribution in [3.8, 4) is 0 Å². The molecule has 1 aliphatic heterocycles. The fourth-order valence-corrected chi connectivity index (χ4v) is 1.77. The van der Waals surface area contributed by atoms with Crippen LogP contribution in [0.25, 0.3) is 0 Å². The first-order valence-electron chi connectivity index (χ1n) is 5.03. The number of nitrogens with zero attached hydrogens (tertiary/aromatic N) is 1. The molecule has 0 saturated carbocycles. The van der Waals surface area contributed by atoms with Gasteiger partial charge in [-0.15, -0.1) is 0 Å². The van der Waals surface area contributed by atoms with Crippen molar-refractivity contribution in [2.75, 3.05) is 32.8 Å². The highest BCUT2D eigenvalue weighted by Crippen LogP contribution is 2.27. The van der Waals surface area contributed by atoms with Crippen LogP contribution in [0.5, 0.6) is 0 Å². The number of ether oxygens (including phenoxy) is 1. The molecule has 0 N–H and O–H groups in total. The second-order valence-corrected chi connectivity index (χ2v) is 3.74. The van der Waals surface area contributed by atoms with E-state index in [1.165, 1.54) is 0 Å². The zero-order chi connectivity index (χ0) is 9.73. The molecular weight excluding hydrogens is 166 g/mol. The van der Waals surface area contributed by atoms with E-state index in [4.69, 9.17) is 4.74 Å². The Kier molecular flexibility index (Phi) is 3.88. The number of carbonyl (C=O) groups is 1. The Labute approximate surface area is 80.1 Å². The number of hydrogen-bond donors (Lipinski definition) is 0. The second kappa shape index (κ2) is 4.72. The summed E-state index contributed by atoms with van der Waals surface area (Å²) in [6, 6.07) is 0. The van der Waals surface area contributed by atoms with Gasteiger partial charge in [-0.2, -0.15) is 0 Å². The first-order chi connectivity index (χ1) is 6.26. The van der Waals surface area contributed by atoms with Gasteiger partial charge in [-0.25, -0.2) is 0 Å². The summed E-state index contributed by atoms with van der Waals surface area (Å²) in [5, 5.41) is 0. The smallest absolute Gasteiger partial charge is 0.129 e. The lowest BCUT2D eigenvalue weighted by Crippen LogP contribution is -2.39. The summed E-state index contributed by atoms with van der Waals surface area (Å²) in [6.45, 7) is 8.45. The van der Waals surface area contributed by atoms with Crippen molar-refractivity contribution in [2.24, 2.45) is 5.41 Å². The summed E-state index contributed by atoms with van der Waals surface area (Å²) in [5.41, 5.74) is -0.216. The third kappa shape index (κ3) is 2.51. The molecule has 3 nitrogen and oxygen atoms in total. The second-order valence-electron chi connectivity index (χ2n) is 3.74. The van der Waals surface area contributed by atoms with Crippen molar-refractivity contribution in [3.63, 3.8) is 0 Å². The fraction of sp³-hybridized carbons (Fsp3) is 0.900. The average Bonchev–Trinajstić information content (AvgIpc) is 2.63. The summed E-state index contributed by atoms with van der Waals surface area (Å²) in [4.78, 5) is 13.3. The quantitative estimate of drug-likeness (QED) is 0.597. The van der Waals surface area contributed by atoms with Crippen molar-refractivity contribution < 1.29 is 9.53 Å². The Morgan fingerprint density at radius 1 is 1.46 bits per heavy atom. The minimum absolute atomic E-state index is 0.216. The van der Waals surface area contributed by atoms with Crippen molar-refractivity contribution in [3.05, 3.63) is 0 Å². The van der Waals surface area contributed by atoms with E-state index in [-0.39, 0.29) is 5.41 Å². The van der Waals surface area contributed by atoms with Gasteiger partial charge in [-0.1, -0.05) is 13.8 Å². The van der Waals surface area contributed by atoms with Crippen LogP contribution in [0.4, 0.5) is 0 Å². The van der Waals surface area contributed by atoms with Gasteiger partial charge in [0.2, 0.25) is 0 Å². The van der Waals surface area contributed by atoms with Gasteiger partial charge in [-0.3, -0.25) is 0 Å². The molecule has 3 heteroatoms. The van der Waals surface area contributed by atoms with Gasteiger partial charge >= 0.3 is 0 Å². The van der Waals surface area contributed by atoms with Crippen LogP contribution in [-0.2, 0) is 9.53 Å². The Bertz CT molecular complexity index is 160. The Hall–Kier alpha value is -0.410. The highest BCUT2D eigenvalue weighted by molar-refractivity contribution is 5.60. The van der Waals surface area contributed by atoms with Gasteiger partial charge < -0.3 is 14.4 Å². The van der Waals surface area contributed by atoms with Crippen LogP contribution in [0.2, 0.25) is 0 Å². The van der Waals surface area contributed by atoms with Gasteiger partial charge in [-0.05, 0) is 19.5 Å². The fourth-order valence-electron chi connectivity index (χ4n) is 1.77. The number of carbonyl (C=O) groups excluding carboxylic acids is 1. The highest BCUT2D eigenvalue weighted by Gasteiger charge is 2.35. The zero-order valence-corrected chi connectivity index (χ0v) is 8.58. The number of rotatable bonds is 5. The summed E-state index contributed by atoms with van der Waals surface area (Å²) in [7, 11) is 0. The molecule has 76 valence electrons. The summed E-state index contributed by atoms with van der Waals surface area (Å²) in [5.74, 6) is 0. The van der Waals surface area contributed by atoms with E-state index < -0.39 is 0 Å². The van der Waals surface area contributed by atoms with E-state index in [0.29, 0.717) is 6.61 Å². The van der Waals surface area contributed by atoms with E-state index >= 15 is 0 Å². The van der Waals surface area contributed by atoms with E-state index in [9.17, 15) is 4.79 Å². The van der Waals surface area contributed by atoms with E-state index in [1.54, 1.807) is 0 Å². The maximum Gasteiger partial charge on any atom is 0.129 e. The first kappa shape index (κ1) is 10.7. The minimum atomic E-state index is -0.216. The van der Waals surface area contributed by atoms with Crippen LogP contribution in [0.15, 0.2) is 0 Å². The van der Waals surface area contributed by atoms with E-state index in [2.05, 4.69) is 18.7 Å². The van der Waals surface area contributed by atoms with Gasteiger partial charge in [0, 0.05) is 13.2 Å². The standard InChI is InChI=1S/C10H19NO2/c1-3-11(4-2)7-10(8-12)5-6-13-9-10/h8H,3-7,9H2,1-2H3. The molecule has 0 bridgehead atoms. The topological polar surface area (TPSA) is 29.5 Å². The lowest BCUT2D eigenvalue weighted by molar-refractivity contribution is -0.117.